The highest BCUT2D eigenvalue weighted by molar-refractivity contribution is 6.19. The van der Waals surface area contributed by atoms with Crippen LogP contribution in [-0.4, -0.2) is 148 Å². The number of aliphatic hydroxyl groups excluding tert-OH is 2. The van der Waals surface area contributed by atoms with E-state index in [1.807, 2.05) is 13.8 Å². The lowest BCUT2D eigenvalue weighted by Gasteiger charge is -2.42. The molecule has 2 saturated heterocycles. The average molecular weight is 999 g/mol. The molecule has 7 aliphatic rings. The highest BCUT2D eigenvalue weighted by Gasteiger charge is 2.50. The van der Waals surface area contributed by atoms with Crippen molar-refractivity contribution in [3.63, 3.8) is 0 Å². The Morgan fingerprint density at radius 1 is 0.875 bits per heavy atom. The van der Waals surface area contributed by atoms with Crippen LogP contribution in [-0.2, 0) is 19.0 Å². The van der Waals surface area contributed by atoms with Gasteiger partial charge in [0.25, 0.3) is 11.7 Å². The van der Waals surface area contributed by atoms with Crippen molar-refractivity contribution in [3.8, 4) is 17.2 Å². The number of hydrogen-bond acceptors (Lipinski definition) is 15. The number of methoxy groups -OCH3 is 1. The van der Waals surface area contributed by atoms with Crippen molar-refractivity contribution in [2.75, 3.05) is 58.2 Å². The quantitative estimate of drug-likeness (QED) is 0.209. The number of nitrogens with one attached hydrogen (secondary N) is 1. The molecule has 2 aromatic carbocycles. The third kappa shape index (κ3) is 10.2. The number of carbonyl (C=O) groups excluding carboxylic acids is 3. The number of aliphatic hydroxyl groups is 2. The van der Waals surface area contributed by atoms with E-state index in [1.165, 1.54) is 52.4 Å². The summed E-state index contributed by atoms with van der Waals surface area (Å²) < 4.78 is 25.1. The predicted octanol–water partition coefficient (Wildman–Crippen LogP) is 6.27. The molecule has 9 atom stereocenters. The number of phenols is 2. The van der Waals surface area contributed by atoms with E-state index >= 15 is 0 Å². The molecule has 1 saturated carbocycles. The zero-order chi connectivity index (χ0) is 52.0. The number of amides is 2. The van der Waals surface area contributed by atoms with Crippen molar-refractivity contribution >= 4 is 34.2 Å². The molecule has 6 heterocycles. The van der Waals surface area contributed by atoms with Gasteiger partial charge in [-0.2, -0.15) is 0 Å². The molecule has 2 aromatic rings. The lowest BCUT2D eigenvalue weighted by molar-refractivity contribution is -0.112. The van der Waals surface area contributed by atoms with Crippen LogP contribution in [0.1, 0.15) is 116 Å². The van der Waals surface area contributed by atoms with Gasteiger partial charge in [-0.25, -0.2) is 4.79 Å². The number of piperazine rings is 1. The molecule has 3 fully saturated rings. The second-order valence-electron chi connectivity index (χ2n) is 22.0. The second kappa shape index (κ2) is 21.4. The highest BCUT2D eigenvalue weighted by Crippen LogP contribution is 2.50. The van der Waals surface area contributed by atoms with Gasteiger partial charge in [0.1, 0.15) is 28.6 Å². The summed E-state index contributed by atoms with van der Waals surface area (Å²) in [6.07, 6.45) is 10.6. The number of benzene rings is 2. The molecule has 5 bridgehead atoms. The summed E-state index contributed by atoms with van der Waals surface area (Å²) in [6, 6.07) is 0.530. The normalized spacial score (nSPS) is 32.6. The number of allylic oxidation sites excluding steroid dienone is 2. The minimum atomic E-state index is -1.97. The fraction of sp³-hybridized carbons (Fsp3) is 0.655. The van der Waals surface area contributed by atoms with E-state index in [4.69, 9.17) is 28.9 Å². The van der Waals surface area contributed by atoms with Crippen LogP contribution in [0.15, 0.2) is 46.1 Å². The number of aromatic hydroxyl groups is 2. The molecule has 5 N–H and O–H groups in total. The van der Waals surface area contributed by atoms with Crippen molar-refractivity contribution in [2.24, 2.45) is 39.6 Å². The van der Waals surface area contributed by atoms with Gasteiger partial charge in [0, 0.05) is 119 Å². The Hall–Kier alpha value is -5.07. The van der Waals surface area contributed by atoms with E-state index in [1.54, 1.807) is 56.9 Å². The van der Waals surface area contributed by atoms with Crippen molar-refractivity contribution < 1.29 is 53.8 Å². The summed E-state index contributed by atoms with van der Waals surface area (Å²) in [6.45, 7) is 21.0. The average Bonchev–Trinajstić information content (AvgIpc) is 3.87. The molecule has 394 valence electrons. The topological polar surface area (TPSA) is 216 Å². The van der Waals surface area contributed by atoms with Crippen molar-refractivity contribution in [3.05, 3.63) is 58.0 Å². The summed E-state index contributed by atoms with van der Waals surface area (Å²) in [7, 11) is 1.51. The largest absolute Gasteiger partial charge is 0.507 e. The maximum Gasteiger partial charge on any atom is 0.410 e. The Labute approximate surface area is 423 Å². The van der Waals surface area contributed by atoms with Crippen LogP contribution >= 0.6 is 0 Å². The number of fused-ring (bicyclic) bond motifs is 13. The summed E-state index contributed by atoms with van der Waals surface area (Å²) in [5.74, 6) is -5.97. The smallest absolute Gasteiger partial charge is 0.410 e. The molecule has 72 heavy (non-hydrogen) atoms. The Balaban J connectivity index is 1.18. The molecule has 1 unspecified atom stereocenters. The number of hydrogen-bond donors (Lipinski definition) is 5. The number of ether oxygens (including phenoxy) is 4. The van der Waals surface area contributed by atoms with Crippen LogP contribution in [0.25, 0.3) is 10.8 Å². The van der Waals surface area contributed by atoms with Crippen LogP contribution in [0.2, 0.25) is 0 Å². The van der Waals surface area contributed by atoms with Crippen molar-refractivity contribution in [1.82, 2.24) is 14.7 Å². The maximum absolute atomic E-state index is 15.0. The van der Waals surface area contributed by atoms with Crippen LogP contribution in [0.3, 0.4) is 0 Å². The molecule has 9 rings (SSSR count). The van der Waals surface area contributed by atoms with Crippen LogP contribution in [0, 0.1) is 36.5 Å². The zero-order valence-electron chi connectivity index (χ0n) is 43.9. The lowest BCUT2D eigenvalue weighted by Crippen LogP contribution is -2.54. The van der Waals surface area contributed by atoms with Gasteiger partial charge in [-0.3, -0.25) is 24.5 Å². The van der Waals surface area contributed by atoms with Gasteiger partial charge < -0.3 is 54.5 Å². The number of carbonyl (C=O) groups is 3. The maximum atomic E-state index is 15.0. The molecule has 2 amide bonds. The molecule has 6 aliphatic heterocycles. The summed E-state index contributed by atoms with van der Waals surface area (Å²) in [4.78, 5) is 60.1. The van der Waals surface area contributed by atoms with Crippen LogP contribution in [0.4, 0.5) is 10.5 Å². The summed E-state index contributed by atoms with van der Waals surface area (Å²) >= 11 is 0. The molecule has 0 aromatic heterocycles. The van der Waals surface area contributed by atoms with E-state index in [2.05, 4.69) is 29.0 Å². The number of phenolic OH excluding ortho intramolecular Hbond substituents is 2. The SMILES string of the molecule is CO[C@H]1/C=C/O[C@@]2(C)Oc3c(C)c(O)c4c(O)c(c5c(c4c3C2=O)=NC2(CCN(CC(C)C)CC2)N=5)NC(=O)/C(C)=C\C=C\C(C)[C@H](O)[C@@H](C)[C@@H](O)[C@@H](C)[C@H](OC(=O)N2CCN(C3CCCCC3)CC2)[C@@H]1C. The standard InChI is InChI=1S/C55H78N6O11/c1-30(2)29-59-22-20-55(21-23-59)57-42-39-40-47(64)36(8)50-41(39)51(66)54(9,72-50)70-28-19-38(69-10)33(5)49(71-53(68)61-26-24-60(25-27-61)37-17-12-11-13-18-37)35(7)46(63)34(6)45(62)31(3)15-14-16-32(4)52(67)56-44(48(40)65)43(42)58-55/h14-16,19,28,30-31,33-35,37-38,45-46,49,62-65H,11-13,17-18,20-27,29H2,1-10H3,(H,56,67)/b15-14+,28-19+,32-16-/t31?,33-,34-,35-,38+,45+,46-,49-,54+/m1/s1. The molecular formula is C55H78N6O11. The Kier molecular flexibility index (Phi) is 15.8. The van der Waals surface area contributed by atoms with Gasteiger partial charge in [-0.05, 0) is 38.7 Å². The number of Topliss-reactive ketones (excluding diaryl/α,β-unsaturated/α-hetero) is 1. The third-order valence-corrected chi connectivity index (χ3v) is 16.5. The van der Waals surface area contributed by atoms with E-state index in [9.17, 15) is 34.8 Å². The lowest BCUT2D eigenvalue weighted by atomic mass is 9.78. The minimum absolute atomic E-state index is 0.0426. The van der Waals surface area contributed by atoms with E-state index < -0.39 is 83.1 Å². The first kappa shape index (κ1) is 53.2. The number of ketones is 1. The number of nitrogens with zero attached hydrogens (tertiary/aromatic N) is 5. The van der Waals surface area contributed by atoms with Gasteiger partial charge in [-0.15, -0.1) is 0 Å². The molecule has 17 nitrogen and oxygen atoms in total. The second-order valence-corrected chi connectivity index (χ2v) is 22.0. The first-order valence-corrected chi connectivity index (χ1v) is 26.3. The summed E-state index contributed by atoms with van der Waals surface area (Å²) in [5, 5.41) is 51.3. The number of likely N-dealkylation sites (tertiary alicyclic amines) is 1. The van der Waals surface area contributed by atoms with E-state index in [0.717, 1.165) is 19.6 Å². The van der Waals surface area contributed by atoms with Crippen molar-refractivity contribution in [1.29, 1.82) is 0 Å². The number of anilines is 1. The molecule has 0 radical (unpaired) electrons. The van der Waals surface area contributed by atoms with Gasteiger partial charge in [0.2, 0.25) is 0 Å². The monoisotopic (exact) mass is 999 g/mol. The van der Waals surface area contributed by atoms with Gasteiger partial charge in [0.05, 0.1) is 40.9 Å². The fourth-order valence-corrected chi connectivity index (χ4v) is 11.9. The highest BCUT2D eigenvalue weighted by atomic mass is 16.7. The van der Waals surface area contributed by atoms with Crippen LogP contribution in [0.5, 0.6) is 17.2 Å². The first-order chi connectivity index (χ1) is 34.2. The summed E-state index contributed by atoms with van der Waals surface area (Å²) in [5.41, 5.74) is -0.559. The van der Waals surface area contributed by atoms with Gasteiger partial charge in [-0.1, -0.05) is 79.0 Å². The van der Waals surface area contributed by atoms with Crippen molar-refractivity contribution in [2.45, 2.75) is 149 Å². The molecular weight excluding hydrogens is 921 g/mol. The van der Waals surface area contributed by atoms with E-state index in [0.29, 0.717) is 51.0 Å². The van der Waals surface area contributed by atoms with Crippen LogP contribution < -0.4 is 20.8 Å². The molecule has 1 aliphatic carbocycles. The Bertz CT molecular complexity index is 2610. The molecule has 17 heteroatoms. The number of rotatable bonds is 5. The Morgan fingerprint density at radius 2 is 1.54 bits per heavy atom. The Morgan fingerprint density at radius 3 is 2.19 bits per heavy atom. The van der Waals surface area contributed by atoms with Gasteiger partial charge in [0.15, 0.2) is 11.4 Å². The first-order valence-electron chi connectivity index (χ1n) is 26.3. The fourth-order valence-electron chi connectivity index (χ4n) is 11.9. The number of piperidine rings is 1. The predicted molar refractivity (Wildman–Crippen MR) is 272 cm³/mol. The molecule has 1 spiro atoms. The van der Waals surface area contributed by atoms with Gasteiger partial charge >= 0.3 is 11.9 Å². The third-order valence-electron chi connectivity index (χ3n) is 16.5. The van der Waals surface area contributed by atoms with E-state index in [-0.39, 0.29) is 55.4 Å². The minimum Gasteiger partial charge on any atom is -0.507 e. The zero-order valence-corrected chi connectivity index (χ0v) is 43.9.